The Hall–Kier alpha value is -3.68. The molecule has 8 heteroatoms. The molecular formula is C23H21ClN4O3. The van der Waals surface area contributed by atoms with Gasteiger partial charge in [0.2, 0.25) is 0 Å². The molecule has 3 rings (SSSR count). The van der Waals surface area contributed by atoms with Crippen molar-refractivity contribution in [3.05, 3.63) is 102 Å². The molecule has 1 heterocycles. The molecule has 2 aliphatic rings. The highest BCUT2D eigenvalue weighted by Gasteiger charge is 2.20. The Labute approximate surface area is 185 Å². The summed E-state index contributed by atoms with van der Waals surface area (Å²) < 4.78 is 0. The maximum absolute atomic E-state index is 12.6. The van der Waals surface area contributed by atoms with Gasteiger partial charge in [-0.1, -0.05) is 35.9 Å². The molecule has 1 aliphatic heterocycles. The van der Waals surface area contributed by atoms with Crippen LogP contribution in [0.25, 0.3) is 0 Å². The van der Waals surface area contributed by atoms with Crippen LogP contribution in [0, 0.1) is 0 Å². The van der Waals surface area contributed by atoms with Crippen LogP contribution in [0.15, 0.2) is 102 Å². The van der Waals surface area contributed by atoms with Gasteiger partial charge in [-0.3, -0.25) is 10.0 Å². The summed E-state index contributed by atoms with van der Waals surface area (Å²) in [6.07, 6.45) is 15.4. The van der Waals surface area contributed by atoms with Crippen LogP contribution in [0.2, 0.25) is 5.02 Å². The zero-order valence-electron chi connectivity index (χ0n) is 16.5. The predicted octanol–water partition coefficient (Wildman–Crippen LogP) is 4.53. The van der Waals surface area contributed by atoms with Crippen molar-refractivity contribution in [3.63, 3.8) is 0 Å². The summed E-state index contributed by atoms with van der Waals surface area (Å²) in [7, 11) is 0. The van der Waals surface area contributed by atoms with Crippen molar-refractivity contribution >= 4 is 34.9 Å². The summed E-state index contributed by atoms with van der Waals surface area (Å²) in [5, 5.41) is 16.7. The fourth-order valence-electron chi connectivity index (χ4n) is 2.82. The summed E-state index contributed by atoms with van der Waals surface area (Å²) in [5.41, 5.74) is 2.34. The van der Waals surface area contributed by atoms with E-state index in [0.717, 1.165) is 10.6 Å². The van der Waals surface area contributed by atoms with E-state index in [1.165, 1.54) is 6.20 Å². The summed E-state index contributed by atoms with van der Waals surface area (Å²) in [6, 6.07) is 5.21. The minimum atomic E-state index is -0.863. The van der Waals surface area contributed by atoms with Crippen molar-refractivity contribution in [1.29, 1.82) is 0 Å². The van der Waals surface area contributed by atoms with Gasteiger partial charge in [0.15, 0.2) is 0 Å². The van der Waals surface area contributed by atoms with E-state index >= 15 is 0 Å². The first-order valence-corrected chi connectivity index (χ1v) is 9.84. The highest BCUT2D eigenvalue weighted by Crippen LogP contribution is 2.19. The quantitative estimate of drug-likeness (QED) is 0.591. The molecule has 158 valence electrons. The fourth-order valence-corrected chi connectivity index (χ4v) is 2.95. The van der Waals surface area contributed by atoms with Crippen molar-refractivity contribution < 1.29 is 14.8 Å². The Balaban J connectivity index is 1.65. The van der Waals surface area contributed by atoms with E-state index in [1.54, 1.807) is 66.8 Å². The van der Waals surface area contributed by atoms with E-state index in [2.05, 4.69) is 22.2 Å². The molecule has 1 aromatic rings. The van der Waals surface area contributed by atoms with Gasteiger partial charge in [-0.2, -0.15) is 0 Å². The van der Waals surface area contributed by atoms with Crippen molar-refractivity contribution in [3.8, 4) is 0 Å². The van der Waals surface area contributed by atoms with Crippen LogP contribution in [0.4, 0.5) is 10.5 Å². The molecule has 0 saturated carbocycles. The molecule has 3 N–H and O–H groups in total. The molecule has 0 fully saturated rings. The first-order valence-electron chi connectivity index (χ1n) is 9.46. The third-order valence-corrected chi connectivity index (χ3v) is 4.60. The molecular weight excluding hydrogens is 416 g/mol. The molecule has 3 amide bonds. The van der Waals surface area contributed by atoms with Gasteiger partial charge < -0.3 is 10.6 Å². The van der Waals surface area contributed by atoms with Gasteiger partial charge in [-0.05, 0) is 55.0 Å². The van der Waals surface area contributed by atoms with Crippen molar-refractivity contribution in [1.82, 2.24) is 10.4 Å². The molecule has 0 saturated heterocycles. The third-order valence-electron chi connectivity index (χ3n) is 4.35. The number of halogens is 1. The molecule has 0 bridgehead atoms. The number of urea groups is 1. The summed E-state index contributed by atoms with van der Waals surface area (Å²) in [6.45, 7) is 3.64. The Bertz CT molecular complexity index is 1030. The van der Waals surface area contributed by atoms with Crippen LogP contribution in [0.5, 0.6) is 0 Å². The number of aliphatic imine (C=N–C) groups is 1. The van der Waals surface area contributed by atoms with Crippen LogP contribution in [0.1, 0.15) is 6.42 Å². The zero-order chi connectivity index (χ0) is 22.2. The second-order valence-corrected chi connectivity index (χ2v) is 7.05. The molecule has 1 aromatic carbocycles. The molecule has 1 aliphatic carbocycles. The number of carbonyl (C=O) groups is 2. The van der Waals surface area contributed by atoms with Crippen LogP contribution in [-0.2, 0) is 4.79 Å². The number of anilines is 1. The number of benzene rings is 1. The highest BCUT2D eigenvalue weighted by molar-refractivity contribution is 6.30. The molecule has 31 heavy (non-hydrogen) atoms. The number of nitrogens with one attached hydrogen (secondary N) is 2. The van der Waals surface area contributed by atoms with E-state index in [0.29, 0.717) is 22.1 Å². The van der Waals surface area contributed by atoms with Gasteiger partial charge in [0.1, 0.15) is 6.04 Å². The van der Waals surface area contributed by atoms with Crippen LogP contribution in [0.3, 0.4) is 0 Å². The number of nitrogens with zero attached hydrogens (tertiary/aromatic N) is 2. The third kappa shape index (κ3) is 6.15. The normalized spacial score (nSPS) is 15.7. The molecule has 0 radical (unpaired) electrons. The lowest BCUT2D eigenvalue weighted by Crippen LogP contribution is -2.42. The topological polar surface area (TPSA) is 94.0 Å². The van der Waals surface area contributed by atoms with E-state index in [-0.39, 0.29) is 6.42 Å². The Morgan fingerprint density at radius 3 is 2.48 bits per heavy atom. The number of hydrogen-bond donors (Lipinski definition) is 3. The zero-order valence-corrected chi connectivity index (χ0v) is 17.3. The maximum Gasteiger partial charge on any atom is 0.319 e. The Morgan fingerprint density at radius 1 is 1.13 bits per heavy atom. The lowest BCUT2D eigenvalue weighted by Gasteiger charge is -2.18. The van der Waals surface area contributed by atoms with Crippen LogP contribution in [-0.4, -0.2) is 34.0 Å². The highest BCUT2D eigenvalue weighted by atomic mass is 35.5. The average molecular weight is 437 g/mol. The smallest absolute Gasteiger partial charge is 0.319 e. The SMILES string of the molecule is C=CCC(NC(=O)Nc1ccc(Cl)cc1)C(=O)N=C1C=CC(=C2C=CC=CN2O)C=C1. The lowest BCUT2D eigenvalue weighted by molar-refractivity contribution is -0.119. The second kappa shape index (κ2) is 10.4. The van der Waals surface area contributed by atoms with Crippen LogP contribution < -0.4 is 10.6 Å². The van der Waals surface area contributed by atoms with Gasteiger partial charge >= 0.3 is 6.03 Å². The van der Waals surface area contributed by atoms with Gasteiger partial charge in [0, 0.05) is 22.5 Å². The van der Waals surface area contributed by atoms with E-state index in [9.17, 15) is 14.8 Å². The summed E-state index contributed by atoms with van der Waals surface area (Å²) >= 11 is 5.83. The van der Waals surface area contributed by atoms with Crippen LogP contribution >= 0.6 is 11.6 Å². The first-order chi connectivity index (χ1) is 15.0. The average Bonchev–Trinajstić information content (AvgIpc) is 2.76. The van der Waals surface area contributed by atoms with Gasteiger partial charge in [0.05, 0.1) is 11.4 Å². The number of amides is 3. The van der Waals surface area contributed by atoms with Crippen molar-refractivity contribution in [2.45, 2.75) is 12.5 Å². The summed E-state index contributed by atoms with van der Waals surface area (Å²) in [5.74, 6) is -0.504. The van der Waals surface area contributed by atoms with Gasteiger partial charge in [-0.15, -0.1) is 6.58 Å². The second-order valence-electron chi connectivity index (χ2n) is 6.61. The summed E-state index contributed by atoms with van der Waals surface area (Å²) in [4.78, 5) is 29.0. The first kappa shape index (κ1) is 22.0. The van der Waals surface area contributed by atoms with E-state index in [1.807, 2.05) is 6.08 Å². The predicted molar refractivity (Wildman–Crippen MR) is 122 cm³/mol. The molecule has 0 spiro atoms. The molecule has 1 unspecified atom stereocenters. The Morgan fingerprint density at radius 2 is 1.84 bits per heavy atom. The molecule has 1 atom stereocenters. The fraction of sp³-hybridized carbons (Fsp3) is 0.0870. The monoisotopic (exact) mass is 436 g/mol. The number of allylic oxidation sites excluding steroid dienone is 8. The number of carbonyl (C=O) groups excluding carboxylic acids is 2. The minimum absolute atomic E-state index is 0.225. The van der Waals surface area contributed by atoms with E-state index < -0.39 is 18.0 Å². The van der Waals surface area contributed by atoms with Crippen molar-refractivity contribution in [2.24, 2.45) is 4.99 Å². The standard InChI is InChI=1S/C23H21ClN4O3/c1-2-5-20(27-23(30)26-19-13-9-17(24)10-14-19)22(29)25-18-11-7-16(8-12-18)21-6-3-4-15-28(21)31/h2-4,6-15,20,31H,1,5H2,(H2,26,27,30). The van der Waals surface area contributed by atoms with Crippen molar-refractivity contribution in [2.75, 3.05) is 5.32 Å². The molecule has 0 aromatic heterocycles. The largest absolute Gasteiger partial charge is 0.326 e. The minimum Gasteiger partial charge on any atom is -0.326 e. The van der Waals surface area contributed by atoms with E-state index in [4.69, 9.17) is 11.6 Å². The number of rotatable bonds is 5. The number of hydroxylamine groups is 2. The van der Waals surface area contributed by atoms with Gasteiger partial charge in [0.25, 0.3) is 5.91 Å². The van der Waals surface area contributed by atoms with Gasteiger partial charge in [-0.25, -0.2) is 14.9 Å². The lowest BCUT2D eigenvalue weighted by atomic mass is 10.0. The molecule has 7 nitrogen and oxygen atoms in total. The Kier molecular flexibility index (Phi) is 7.37. The number of hydrogen-bond acceptors (Lipinski definition) is 4. The maximum atomic E-state index is 12.6.